The van der Waals surface area contributed by atoms with E-state index in [1.54, 1.807) is 0 Å². The van der Waals surface area contributed by atoms with Crippen LogP contribution in [-0.4, -0.2) is 0 Å². The zero-order valence-electron chi connectivity index (χ0n) is 30.2. The van der Waals surface area contributed by atoms with E-state index in [0.29, 0.717) is 0 Å². The Labute approximate surface area is 318 Å². The molecule has 0 amide bonds. The Morgan fingerprint density at radius 2 is 0.315 bits per heavy atom. The second-order valence-corrected chi connectivity index (χ2v) is 12.9. The molecule has 11 aromatic rings. The minimum absolute atomic E-state index is 1.31. The molecule has 0 heteroatoms. The molecule has 11 aromatic carbocycles. The van der Waals surface area contributed by atoms with Crippen LogP contribution in [0.5, 0.6) is 0 Å². The van der Waals surface area contributed by atoms with Crippen molar-refractivity contribution < 1.29 is 0 Å². The van der Waals surface area contributed by atoms with Gasteiger partial charge in [0.05, 0.1) is 0 Å². The highest BCUT2D eigenvalue weighted by Crippen LogP contribution is 2.25. The van der Waals surface area contributed by atoms with Gasteiger partial charge in [-0.1, -0.05) is 243 Å². The Kier molecular flexibility index (Phi) is 12.1. The highest BCUT2D eigenvalue weighted by molar-refractivity contribution is 6.07. The molecule has 0 atom stereocenters. The first-order valence-corrected chi connectivity index (χ1v) is 18.4. The summed E-state index contributed by atoms with van der Waals surface area (Å²) in [6, 6.07) is 88.2. The predicted octanol–water partition coefficient (Wildman–Crippen LogP) is 15.4. The third-order valence-electron chi connectivity index (χ3n) is 9.25. The fourth-order valence-corrected chi connectivity index (χ4v) is 6.49. The molecule has 0 aliphatic rings. The van der Waals surface area contributed by atoms with Crippen molar-refractivity contribution in [3.8, 4) is 0 Å². The summed E-state index contributed by atoms with van der Waals surface area (Å²) in [5, 5.41) is 15.8. The third-order valence-corrected chi connectivity index (χ3v) is 9.25. The minimum Gasteiger partial charge on any atom is -0.0623 e. The highest BCUT2D eigenvalue weighted by atomic mass is 14.0. The zero-order chi connectivity index (χ0) is 36.6. The van der Waals surface area contributed by atoms with E-state index in [1.165, 1.54) is 64.6 Å². The summed E-state index contributed by atoms with van der Waals surface area (Å²) in [5.74, 6) is 0. The van der Waals surface area contributed by atoms with E-state index in [0.717, 1.165) is 0 Å². The fraction of sp³-hybridized carbons (Fsp3) is 0. The molecule has 54 heavy (non-hydrogen) atoms. The molecule has 0 bridgehead atoms. The maximum atomic E-state index is 2.24. The van der Waals surface area contributed by atoms with Crippen LogP contribution >= 0.6 is 0 Å². The zero-order valence-corrected chi connectivity index (χ0v) is 30.2. The number of hydrogen-bond donors (Lipinski definition) is 0. The van der Waals surface area contributed by atoms with Gasteiger partial charge in [-0.3, -0.25) is 0 Å². The normalized spacial score (nSPS) is 10.2. The van der Waals surface area contributed by atoms with Gasteiger partial charge in [0.2, 0.25) is 0 Å². The van der Waals surface area contributed by atoms with Crippen LogP contribution in [0.4, 0.5) is 0 Å². The molecular weight excluding hydrogens is 649 g/mol. The SMILES string of the molecule is c1ccc2c(c1)ccc1ccccc12.c1ccc2cc3ccccc3cc2c1.c1ccc2ccccc2c1.c1ccc2ccccc2c1.c1ccccc1. The summed E-state index contributed by atoms with van der Waals surface area (Å²) in [7, 11) is 0. The van der Waals surface area contributed by atoms with Crippen molar-refractivity contribution >= 4 is 64.6 Å². The van der Waals surface area contributed by atoms with E-state index in [2.05, 4.69) is 218 Å². The molecule has 0 aliphatic carbocycles. The Morgan fingerprint density at radius 3 is 0.556 bits per heavy atom. The van der Waals surface area contributed by atoms with Gasteiger partial charge >= 0.3 is 0 Å². The molecule has 11 rings (SSSR count). The molecule has 0 saturated heterocycles. The van der Waals surface area contributed by atoms with Crippen LogP contribution in [0.3, 0.4) is 0 Å². The van der Waals surface area contributed by atoms with Crippen molar-refractivity contribution in [2.75, 3.05) is 0 Å². The van der Waals surface area contributed by atoms with Crippen LogP contribution in [-0.2, 0) is 0 Å². The molecular formula is C54H42. The molecule has 0 heterocycles. The summed E-state index contributed by atoms with van der Waals surface area (Å²) in [4.78, 5) is 0. The van der Waals surface area contributed by atoms with Crippen molar-refractivity contribution in [2.24, 2.45) is 0 Å². The van der Waals surface area contributed by atoms with Gasteiger partial charge in [-0.25, -0.2) is 0 Å². The molecule has 0 unspecified atom stereocenters. The monoisotopic (exact) mass is 690 g/mol. The summed E-state index contributed by atoms with van der Waals surface area (Å²) in [5.41, 5.74) is 0. The summed E-state index contributed by atoms with van der Waals surface area (Å²) in [6.45, 7) is 0. The molecule has 0 aliphatic heterocycles. The van der Waals surface area contributed by atoms with Crippen molar-refractivity contribution in [3.63, 3.8) is 0 Å². The standard InChI is InChI=1S/2C14H10.2C10H8.C6H6/c1-3-7-13-11(5-1)9-10-12-6-2-4-8-14(12)13;1-2-6-12-10-14-8-4-3-7-13(14)9-11(12)5-1;2*1-2-6-10-8-4-3-7-9(10)5-1;1-2-4-6-5-3-1/h2*1-10H;2*1-8H;1-6H. The topological polar surface area (TPSA) is 0 Å². The van der Waals surface area contributed by atoms with Gasteiger partial charge in [0.15, 0.2) is 0 Å². The number of rotatable bonds is 0. The maximum absolute atomic E-state index is 2.24. The number of hydrogen-bond acceptors (Lipinski definition) is 0. The number of benzene rings is 11. The van der Waals surface area contributed by atoms with E-state index in [1.807, 2.05) is 36.4 Å². The van der Waals surface area contributed by atoms with E-state index >= 15 is 0 Å². The first kappa shape index (κ1) is 35.4. The first-order chi connectivity index (χ1) is 26.8. The van der Waals surface area contributed by atoms with Gasteiger partial charge in [-0.15, -0.1) is 0 Å². The third kappa shape index (κ3) is 9.44. The Bertz CT molecular complexity index is 2430. The smallest absolute Gasteiger partial charge is 0.0105 e. The quantitative estimate of drug-likeness (QED) is 0.110. The average Bonchev–Trinajstić information content (AvgIpc) is 3.27. The molecule has 0 spiro atoms. The van der Waals surface area contributed by atoms with E-state index in [4.69, 9.17) is 0 Å². The molecule has 0 aromatic heterocycles. The van der Waals surface area contributed by atoms with Crippen LogP contribution < -0.4 is 0 Å². The predicted molar refractivity (Wildman–Crippen MR) is 237 cm³/mol. The first-order valence-electron chi connectivity index (χ1n) is 18.4. The number of fused-ring (bicyclic) bond motifs is 7. The largest absolute Gasteiger partial charge is 0.0623 e. The Morgan fingerprint density at radius 1 is 0.130 bits per heavy atom. The molecule has 0 N–H and O–H groups in total. The lowest BCUT2D eigenvalue weighted by molar-refractivity contribution is 1.72. The van der Waals surface area contributed by atoms with Gasteiger partial charge in [0.1, 0.15) is 0 Å². The molecule has 0 radical (unpaired) electrons. The Hall–Kier alpha value is -7.02. The highest BCUT2D eigenvalue weighted by Gasteiger charge is 1.98. The Balaban J connectivity index is 0.000000107. The van der Waals surface area contributed by atoms with Crippen molar-refractivity contribution in [3.05, 3.63) is 255 Å². The minimum atomic E-state index is 1.31. The maximum Gasteiger partial charge on any atom is -0.0105 e. The van der Waals surface area contributed by atoms with Crippen LogP contribution in [0.25, 0.3) is 64.6 Å². The van der Waals surface area contributed by atoms with Crippen LogP contribution in [0.1, 0.15) is 0 Å². The lowest BCUT2D eigenvalue weighted by Crippen LogP contribution is -1.75. The van der Waals surface area contributed by atoms with Gasteiger partial charge in [0, 0.05) is 0 Å². The lowest BCUT2D eigenvalue weighted by Gasteiger charge is -2.02. The lowest BCUT2D eigenvalue weighted by atomic mass is 10.0. The van der Waals surface area contributed by atoms with Crippen LogP contribution in [0.15, 0.2) is 255 Å². The van der Waals surface area contributed by atoms with Gasteiger partial charge in [-0.2, -0.15) is 0 Å². The van der Waals surface area contributed by atoms with Crippen LogP contribution in [0.2, 0.25) is 0 Å². The van der Waals surface area contributed by atoms with Crippen molar-refractivity contribution in [1.29, 1.82) is 0 Å². The van der Waals surface area contributed by atoms with Crippen molar-refractivity contribution in [1.82, 2.24) is 0 Å². The molecule has 0 fully saturated rings. The molecule has 0 saturated carbocycles. The average molecular weight is 691 g/mol. The molecule has 258 valence electrons. The fourth-order valence-electron chi connectivity index (χ4n) is 6.49. The summed E-state index contributed by atoms with van der Waals surface area (Å²) in [6.07, 6.45) is 0. The molecule has 0 nitrogen and oxygen atoms in total. The second-order valence-electron chi connectivity index (χ2n) is 12.9. The van der Waals surface area contributed by atoms with E-state index in [9.17, 15) is 0 Å². The van der Waals surface area contributed by atoms with Crippen LogP contribution in [0, 0.1) is 0 Å². The van der Waals surface area contributed by atoms with Crippen molar-refractivity contribution in [2.45, 2.75) is 0 Å². The van der Waals surface area contributed by atoms with Gasteiger partial charge in [0.25, 0.3) is 0 Å². The second kappa shape index (κ2) is 18.5. The summed E-state index contributed by atoms with van der Waals surface area (Å²) < 4.78 is 0. The summed E-state index contributed by atoms with van der Waals surface area (Å²) >= 11 is 0. The van der Waals surface area contributed by atoms with E-state index in [-0.39, 0.29) is 0 Å². The van der Waals surface area contributed by atoms with Gasteiger partial charge < -0.3 is 0 Å². The van der Waals surface area contributed by atoms with E-state index < -0.39 is 0 Å². The van der Waals surface area contributed by atoms with Gasteiger partial charge in [-0.05, 0) is 76.8 Å².